The SMILES string of the molecule is CCNc1ncnc(NCCCCCOC)c1Br. The Balaban J connectivity index is 2.35. The zero-order valence-electron chi connectivity index (χ0n) is 11.0. The first-order valence-corrected chi connectivity index (χ1v) is 7.06. The van der Waals surface area contributed by atoms with Crippen LogP contribution in [0, 0.1) is 0 Å². The molecule has 0 bridgehead atoms. The van der Waals surface area contributed by atoms with Gasteiger partial charge < -0.3 is 15.4 Å². The van der Waals surface area contributed by atoms with E-state index in [2.05, 4.69) is 36.5 Å². The van der Waals surface area contributed by atoms with Crippen molar-refractivity contribution in [1.82, 2.24) is 9.97 Å². The molecule has 2 N–H and O–H groups in total. The summed E-state index contributed by atoms with van der Waals surface area (Å²) in [5, 5.41) is 6.49. The highest BCUT2D eigenvalue weighted by Crippen LogP contribution is 2.26. The molecule has 0 aliphatic rings. The third kappa shape index (κ3) is 5.18. The molecule has 1 rings (SSSR count). The van der Waals surface area contributed by atoms with Crippen LogP contribution in [0.2, 0.25) is 0 Å². The molecule has 0 amide bonds. The molecule has 0 unspecified atom stereocenters. The molecule has 18 heavy (non-hydrogen) atoms. The highest BCUT2D eigenvalue weighted by Gasteiger charge is 2.06. The molecule has 102 valence electrons. The van der Waals surface area contributed by atoms with E-state index in [1.54, 1.807) is 13.4 Å². The Hall–Kier alpha value is -0.880. The predicted octanol–water partition coefficient (Wildman–Crippen LogP) is 2.90. The number of nitrogens with one attached hydrogen (secondary N) is 2. The molecule has 0 spiro atoms. The largest absolute Gasteiger partial charge is 0.385 e. The van der Waals surface area contributed by atoms with Gasteiger partial charge in [0.1, 0.15) is 22.4 Å². The van der Waals surface area contributed by atoms with E-state index in [-0.39, 0.29) is 0 Å². The number of methoxy groups -OCH3 is 1. The Morgan fingerprint density at radius 1 is 1.17 bits per heavy atom. The van der Waals surface area contributed by atoms with Gasteiger partial charge in [-0.2, -0.15) is 0 Å². The van der Waals surface area contributed by atoms with Gasteiger partial charge >= 0.3 is 0 Å². The number of rotatable bonds is 9. The lowest BCUT2D eigenvalue weighted by atomic mass is 10.2. The van der Waals surface area contributed by atoms with E-state index in [1.165, 1.54) is 0 Å². The second-order valence-corrected chi connectivity index (χ2v) is 4.69. The quantitative estimate of drug-likeness (QED) is 0.686. The van der Waals surface area contributed by atoms with Crippen molar-refractivity contribution in [3.05, 3.63) is 10.8 Å². The molecule has 0 atom stereocenters. The van der Waals surface area contributed by atoms with Crippen LogP contribution < -0.4 is 10.6 Å². The fourth-order valence-corrected chi connectivity index (χ4v) is 2.02. The minimum atomic E-state index is 0.828. The average molecular weight is 317 g/mol. The van der Waals surface area contributed by atoms with Crippen molar-refractivity contribution in [3.8, 4) is 0 Å². The zero-order valence-corrected chi connectivity index (χ0v) is 12.6. The topological polar surface area (TPSA) is 59.1 Å². The summed E-state index contributed by atoms with van der Waals surface area (Å²) in [5.41, 5.74) is 0. The normalized spacial score (nSPS) is 10.4. The smallest absolute Gasteiger partial charge is 0.145 e. The van der Waals surface area contributed by atoms with Gasteiger partial charge in [0.25, 0.3) is 0 Å². The van der Waals surface area contributed by atoms with Crippen LogP contribution in [0.1, 0.15) is 26.2 Å². The van der Waals surface area contributed by atoms with Crippen molar-refractivity contribution in [2.75, 3.05) is 37.4 Å². The number of ether oxygens (including phenoxy) is 1. The van der Waals surface area contributed by atoms with Crippen LogP contribution in [0.5, 0.6) is 0 Å². The van der Waals surface area contributed by atoms with Gasteiger partial charge in [-0.1, -0.05) is 0 Å². The molecule has 5 nitrogen and oxygen atoms in total. The zero-order chi connectivity index (χ0) is 13.2. The summed E-state index contributed by atoms with van der Waals surface area (Å²) in [6, 6.07) is 0. The molecule has 0 aliphatic heterocycles. The summed E-state index contributed by atoms with van der Waals surface area (Å²) >= 11 is 3.51. The van der Waals surface area contributed by atoms with Gasteiger partial charge in [-0.05, 0) is 42.1 Å². The van der Waals surface area contributed by atoms with Gasteiger partial charge in [0.05, 0.1) is 0 Å². The van der Waals surface area contributed by atoms with Crippen molar-refractivity contribution >= 4 is 27.6 Å². The first kappa shape index (κ1) is 15.2. The van der Waals surface area contributed by atoms with Crippen LogP contribution in [-0.2, 0) is 4.74 Å². The molecule has 0 aromatic carbocycles. The lowest BCUT2D eigenvalue weighted by Gasteiger charge is -2.10. The molecule has 6 heteroatoms. The second-order valence-electron chi connectivity index (χ2n) is 3.90. The molecule has 0 aliphatic carbocycles. The minimum Gasteiger partial charge on any atom is -0.385 e. The van der Waals surface area contributed by atoms with Crippen LogP contribution in [0.25, 0.3) is 0 Å². The lowest BCUT2D eigenvalue weighted by Crippen LogP contribution is -2.07. The first-order chi connectivity index (χ1) is 8.79. The number of unbranched alkanes of at least 4 members (excludes halogenated alkanes) is 2. The van der Waals surface area contributed by atoms with Crippen LogP contribution in [-0.4, -0.2) is 36.8 Å². The Morgan fingerprint density at radius 2 is 1.89 bits per heavy atom. The highest BCUT2D eigenvalue weighted by molar-refractivity contribution is 9.10. The minimum absolute atomic E-state index is 0.828. The summed E-state index contributed by atoms with van der Waals surface area (Å²) < 4.78 is 5.90. The lowest BCUT2D eigenvalue weighted by molar-refractivity contribution is 0.192. The van der Waals surface area contributed by atoms with Crippen LogP contribution >= 0.6 is 15.9 Å². The van der Waals surface area contributed by atoms with Crippen LogP contribution in [0.4, 0.5) is 11.6 Å². The Kier molecular flexibility index (Phi) is 7.68. The Bertz CT molecular complexity index is 349. The van der Waals surface area contributed by atoms with E-state index in [4.69, 9.17) is 4.74 Å². The van der Waals surface area contributed by atoms with Gasteiger partial charge in [0.2, 0.25) is 0 Å². The van der Waals surface area contributed by atoms with E-state index in [9.17, 15) is 0 Å². The number of hydrogen-bond acceptors (Lipinski definition) is 5. The monoisotopic (exact) mass is 316 g/mol. The molecule has 1 aromatic rings. The summed E-state index contributed by atoms with van der Waals surface area (Å²) in [7, 11) is 1.73. The van der Waals surface area contributed by atoms with Crippen molar-refractivity contribution in [2.24, 2.45) is 0 Å². The predicted molar refractivity (Wildman–Crippen MR) is 78.1 cm³/mol. The van der Waals surface area contributed by atoms with Crippen LogP contribution in [0.3, 0.4) is 0 Å². The van der Waals surface area contributed by atoms with Gasteiger partial charge in [0.15, 0.2) is 0 Å². The van der Waals surface area contributed by atoms with Gasteiger partial charge in [-0.15, -0.1) is 0 Å². The van der Waals surface area contributed by atoms with E-state index in [0.717, 1.165) is 55.1 Å². The van der Waals surface area contributed by atoms with Gasteiger partial charge in [-0.3, -0.25) is 0 Å². The fraction of sp³-hybridized carbons (Fsp3) is 0.667. The molecule has 0 saturated carbocycles. The van der Waals surface area contributed by atoms with Crippen molar-refractivity contribution in [3.63, 3.8) is 0 Å². The van der Waals surface area contributed by atoms with E-state index < -0.39 is 0 Å². The van der Waals surface area contributed by atoms with E-state index in [1.807, 2.05) is 6.92 Å². The molecular formula is C12H21BrN4O. The standard InChI is InChI=1S/C12H21BrN4O/c1-3-14-11-10(13)12(17-9-16-11)15-7-5-4-6-8-18-2/h9H,3-8H2,1-2H3,(H2,14,15,16,17). The Morgan fingerprint density at radius 3 is 2.56 bits per heavy atom. The molecule has 1 aromatic heterocycles. The number of nitrogens with zero attached hydrogens (tertiary/aromatic N) is 2. The van der Waals surface area contributed by atoms with Crippen molar-refractivity contribution in [1.29, 1.82) is 0 Å². The summed E-state index contributed by atoms with van der Waals surface area (Å²) in [5.74, 6) is 1.67. The highest BCUT2D eigenvalue weighted by atomic mass is 79.9. The number of aromatic nitrogens is 2. The maximum Gasteiger partial charge on any atom is 0.145 e. The second kappa shape index (κ2) is 9.10. The third-order valence-electron chi connectivity index (χ3n) is 2.45. The third-order valence-corrected chi connectivity index (χ3v) is 3.20. The maximum absolute atomic E-state index is 5.01. The van der Waals surface area contributed by atoms with Crippen molar-refractivity contribution in [2.45, 2.75) is 26.2 Å². The van der Waals surface area contributed by atoms with Gasteiger partial charge in [-0.25, -0.2) is 9.97 Å². The molecule has 1 heterocycles. The number of hydrogen-bond donors (Lipinski definition) is 2. The molecule has 0 radical (unpaired) electrons. The Labute approximate surface area is 117 Å². The van der Waals surface area contributed by atoms with Crippen LogP contribution in [0.15, 0.2) is 10.8 Å². The average Bonchev–Trinajstić information content (AvgIpc) is 2.38. The number of halogens is 1. The van der Waals surface area contributed by atoms with Gasteiger partial charge in [0, 0.05) is 26.8 Å². The fourth-order valence-electron chi connectivity index (χ4n) is 1.54. The first-order valence-electron chi connectivity index (χ1n) is 6.26. The molecule has 0 saturated heterocycles. The molecular weight excluding hydrogens is 296 g/mol. The van der Waals surface area contributed by atoms with E-state index >= 15 is 0 Å². The number of anilines is 2. The van der Waals surface area contributed by atoms with Crippen molar-refractivity contribution < 1.29 is 4.74 Å². The molecule has 0 fully saturated rings. The van der Waals surface area contributed by atoms with E-state index in [0.29, 0.717) is 0 Å². The maximum atomic E-state index is 5.01. The summed E-state index contributed by atoms with van der Waals surface area (Å²) in [4.78, 5) is 8.39. The summed E-state index contributed by atoms with van der Waals surface area (Å²) in [6.45, 7) is 4.62. The summed E-state index contributed by atoms with van der Waals surface area (Å²) in [6.07, 6.45) is 4.93.